The molecule has 7 heteroatoms. The molecule has 6 nitrogen and oxygen atoms in total. The molecule has 0 bridgehead atoms. The molecule has 1 aromatic carbocycles. The van der Waals surface area contributed by atoms with E-state index in [-0.39, 0.29) is 11.6 Å². The third kappa shape index (κ3) is 3.11. The molecule has 1 unspecified atom stereocenters. The van der Waals surface area contributed by atoms with Gasteiger partial charge in [-0.15, -0.1) is 0 Å². The van der Waals surface area contributed by atoms with Gasteiger partial charge in [-0.05, 0) is 12.1 Å². The number of likely N-dealkylation sites (tertiary alicyclic amines) is 1. The minimum Gasteiger partial charge on any atom is -0.411 e. The van der Waals surface area contributed by atoms with E-state index in [9.17, 15) is 14.5 Å². The predicted molar refractivity (Wildman–Crippen MR) is 71.3 cm³/mol. The Morgan fingerprint density at radius 1 is 1.60 bits per heavy atom. The SMILES string of the molecule is CC1CN(Cc2cc(F)ccc2[N+](=O)[O-])CC/C1=N\O. The molecule has 1 saturated heterocycles. The number of rotatable bonds is 3. The first-order chi connectivity index (χ1) is 9.51. The standard InChI is InChI=1S/C13H16FN3O3/c1-9-7-16(5-4-12(9)15-18)8-10-6-11(14)2-3-13(10)17(19)20/h2-3,6,9,18H,4-5,7-8H2,1H3/b15-12+. The smallest absolute Gasteiger partial charge is 0.274 e. The normalized spacial score (nSPS) is 22.1. The van der Waals surface area contributed by atoms with Gasteiger partial charge in [0.25, 0.3) is 5.69 Å². The fraction of sp³-hybridized carbons (Fsp3) is 0.462. The van der Waals surface area contributed by atoms with Crippen LogP contribution in [0.5, 0.6) is 0 Å². The van der Waals surface area contributed by atoms with Crippen molar-refractivity contribution in [3.05, 3.63) is 39.7 Å². The molecule has 1 atom stereocenters. The van der Waals surface area contributed by atoms with Crippen LogP contribution in [0.4, 0.5) is 10.1 Å². The van der Waals surface area contributed by atoms with Crippen LogP contribution in [0.2, 0.25) is 0 Å². The van der Waals surface area contributed by atoms with Crippen molar-refractivity contribution in [2.45, 2.75) is 19.9 Å². The zero-order valence-electron chi connectivity index (χ0n) is 11.1. The van der Waals surface area contributed by atoms with Crippen LogP contribution in [0, 0.1) is 21.8 Å². The molecular weight excluding hydrogens is 265 g/mol. The summed E-state index contributed by atoms with van der Waals surface area (Å²) in [4.78, 5) is 12.5. The lowest BCUT2D eigenvalue weighted by atomic mass is 9.97. The number of halogens is 1. The number of hydrogen-bond donors (Lipinski definition) is 1. The van der Waals surface area contributed by atoms with Gasteiger partial charge in [0.05, 0.1) is 10.6 Å². The van der Waals surface area contributed by atoms with Gasteiger partial charge < -0.3 is 5.21 Å². The molecule has 0 saturated carbocycles. The first-order valence-corrected chi connectivity index (χ1v) is 6.37. The Morgan fingerprint density at radius 3 is 2.95 bits per heavy atom. The Balaban J connectivity index is 2.15. The van der Waals surface area contributed by atoms with E-state index >= 15 is 0 Å². The van der Waals surface area contributed by atoms with Crippen LogP contribution in [0.25, 0.3) is 0 Å². The van der Waals surface area contributed by atoms with E-state index in [0.717, 1.165) is 11.8 Å². The highest BCUT2D eigenvalue weighted by atomic mass is 19.1. The molecule has 1 aliphatic rings. The molecule has 2 rings (SSSR count). The second-order valence-corrected chi connectivity index (χ2v) is 5.01. The van der Waals surface area contributed by atoms with Crippen LogP contribution in [0.15, 0.2) is 23.4 Å². The number of benzene rings is 1. The van der Waals surface area contributed by atoms with Crippen LogP contribution >= 0.6 is 0 Å². The highest BCUT2D eigenvalue weighted by molar-refractivity contribution is 5.86. The van der Waals surface area contributed by atoms with Gasteiger partial charge in [0, 0.05) is 43.6 Å². The van der Waals surface area contributed by atoms with Crippen molar-refractivity contribution in [2.75, 3.05) is 13.1 Å². The Morgan fingerprint density at radius 2 is 2.35 bits per heavy atom. The Hall–Kier alpha value is -2.02. The maximum Gasteiger partial charge on any atom is 0.274 e. The molecular formula is C13H16FN3O3. The summed E-state index contributed by atoms with van der Waals surface area (Å²) < 4.78 is 13.3. The second-order valence-electron chi connectivity index (χ2n) is 5.01. The van der Waals surface area contributed by atoms with E-state index in [1.54, 1.807) is 0 Å². The fourth-order valence-corrected chi connectivity index (χ4v) is 2.49. The van der Waals surface area contributed by atoms with Gasteiger partial charge in [-0.3, -0.25) is 15.0 Å². The minimum absolute atomic E-state index is 0.0688. The number of hydrogen-bond acceptors (Lipinski definition) is 5. The third-order valence-electron chi connectivity index (χ3n) is 3.55. The van der Waals surface area contributed by atoms with Crippen molar-refractivity contribution in [3.63, 3.8) is 0 Å². The number of piperidine rings is 1. The van der Waals surface area contributed by atoms with E-state index < -0.39 is 10.7 Å². The molecule has 0 spiro atoms. The zero-order chi connectivity index (χ0) is 14.7. The molecule has 108 valence electrons. The molecule has 1 aliphatic heterocycles. The molecule has 1 N–H and O–H groups in total. The molecule has 0 aliphatic carbocycles. The van der Waals surface area contributed by atoms with Crippen molar-refractivity contribution >= 4 is 11.4 Å². The predicted octanol–water partition coefficient (Wildman–Crippen LogP) is 2.41. The second kappa shape index (κ2) is 5.96. The summed E-state index contributed by atoms with van der Waals surface area (Å²) in [5.74, 6) is -0.394. The first kappa shape index (κ1) is 14.4. The largest absolute Gasteiger partial charge is 0.411 e. The van der Waals surface area contributed by atoms with Gasteiger partial charge in [0.2, 0.25) is 0 Å². The highest BCUT2D eigenvalue weighted by Gasteiger charge is 2.24. The lowest BCUT2D eigenvalue weighted by Gasteiger charge is -2.31. The van der Waals surface area contributed by atoms with Crippen molar-refractivity contribution < 1.29 is 14.5 Å². The molecule has 0 aromatic heterocycles. The number of nitro groups is 1. The van der Waals surface area contributed by atoms with Gasteiger partial charge in [-0.25, -0.2) is 4.39 Å². The van der Waals surface area contributed by atoms with Crippen molar-refractivity contribution in [2.24, 2.45) is 11.1 Å². The molecule has 1 fully saturated rings. The maximum atomic E-state index is 13.3. The average Bonchev–Trinajstić information content (AvgIpc) is 2.38. The number of nitro benzene ring substituents is 1. The number of nitrogens with zero attached hydrogens (tertiary/aromatic N) is 3. The summed E-state index contributed by atoms with van der Waals surface area (Å²) in [5.41, 5.74) is 1.03. The Labute approximate surface area is 115 Å². The van der Waals surface area contributed by atoms with Crippen LogP contribution in [0.1, 0.15) is 18.9 Å². The van der Waals surface area contributed by atoms with Crippen LogP contribution < -0.4 is 0 Å². The third-order valence-corrected chi connectivity index (χ3v) is 3.55. The summed E-state index contributed by atoms with van der Waals surface area (Å²) in [6.45, 7) is 3.52. The van der Waals surface area contributed by atoms with Gasteiger partial charge in [-0.1, -0.05) is 12.1 Å². The minimum atomic E-state index is -0.497. The van der Waals surface area contributed by atoms with E-state index in [0.29, 0.717) is 31.6 Å². The van der Waals surface area contributed by atoms with E-state index in [1.807, 2.05) is 11.8 Å². The van der Waals surface area contributed by atoms with Crippen LogP contribution in [-0.2, 0) is 6.54 Å². The lowest BCUT2D eigenvalue weighted by molar-refractivity contribution is -0.385. The Kier molecular flexibility index (Phi) is 4.29. The quantitative estimate of drug-likeness (QED) is 0.524. The molecule has 0 amide bonds. The molecule has 1 aromatic rings. The summed E-state index contributed by atoms with van der Waals surface area (Å²) >= 11 is 0. The van der Waals surface area contributed by atoms with Crippen molar-refractivity contribution in [1.82, 2.24) is 4.90 Å². The monoisotopic (exact) mass is 281 g/mol. The summed E-state index contributed by atoms with van der Waals surface area (Å²) in [6.07, 6.45) is 0.612. The molecule has 0 radical (unpaired) electrons. The van der Waals surface area contributed by atoms with Crippen molar-refractivity contribution in [3.8, 4) is 0 Å². The van der Waals surface area contributed by atoms with Crippen LogP contribution in [-0.4, -0.2) is 33.8 Å². The summed E-state index contributed by atoms with van der Waals surface area (Å²) in [6, 6.07) is 3.49. The average molecular weight is 281 g/mol. The highest BCUT2D eigenvalue weighted by Crippen LogP contribution is 2.23. The van der Waals surface area contributed by atoms with E-state index in [1.165, 1.54) is 12.1 Å². The fourth-order valence-electron chi connectivity index (χ4n) is 2.49. The van der Waals surface area contributed by atoms with E-state index in [4.69, 9.17) is 5.21 Å². The van der Waals surface area contributed by atoms with Gasteiger partial charge in [-0.2, -0.15) is 0 Å². The molecule has 20 heavy (non-hydrogen) atoms. The van der Waals surface area contributed by atoms with Crippen LogP contribution in [0.3, 0.4) is 0 Å². The van der Waals surface area contributed by atoms with Gasteiger partial charge in [0.15, 0.2) is 0 Å². The molecule has 1 heterocycles. The summed E-state index contributed by atoms with van der Waals surface area (Å²) in [7, 11) is 0. The first-order valence-electron chi connectivity index (χ1n) is 6.37. The van der Waals surface area contributed by atoms with Gasteiger partial charge in [0.1, 0.15) is 5.82 Å². The maximum absolute atomic E-state index is 13.3. The topological polar surface area (TPSA) is 79.0 Å². The summed E-state index contributed by atoms with van der Waals surface area (Å²) in [5, 5.41) is 23.0. The Bertz CT molecular complexity index is 548. The lowest BCUT2D eigenvalue weighted by Crippen LogP contribution is -2.39. The van der Waals surface area contributed by atoms with Gasteiger partial charge >= 0.3 is 0 Å². The number of oxime groups is 1. The van der Waals surface area contributed by atoms with Crippen molar-refractivity contribution in [1.29, 1.82) is 0 Å². The zero-order valence-corrected chi connectivity index (χ0v) is 11.1. The van der Waals surface area contributed by atoms with E-state index in [2.05, 4.69) is 5.16 Å².